The third kappa shape index (κ3) is 7.36. The Bertz CT molecular complexity index is 1290. The average Bonchev–Trinajstić information content (AvgIpc) is 2.91. The average molecular weight is 548 g/mol. The molecule has 0 saturated carbocycles. The molecule has 0 radical (unpaired) electrons. The molecule has 0 bridgehead atoms. The third-order valence-electron chi connectivity index (χ3n) is 6.91. The minimum Gasteiger partial charge on any atom is -0.378 e. The minimum atomic E-state index is -1.12. The lowest BCUT2D eigenvalue weighted by molar-refractivity contribution is -0.142. The highest BCUT2D eigenvalue weighted by Gasteiger charge is 2.38. The van der Waals surface area contributed by atoms with Gasteiger partial charge in [0, 0.05) is 42.4 Å². The lowest BCUT2D eigenvalue weighted by Crippen LogP contribution is -2.55. The van der Waals surface area contributed by atoms with E-state index in [2.05, 4.69) is 20.2 Å². The van der Waals surface area contributed by atoms with Gasteiger partial charge in [0.05, 0.1) is 19.0 Å². The van der Waals surface area contributed by atoms with Crippen molar-refractivity contribution in [2.75, 3.05) is 42.3 Å². The molecule has 0 spiro atoms. The molecule has 0 aliphatic carbocycles. The second-order valence-electron chi connectivity index (χ2n) is 10.3. The summed E-state index contributed by atoms with van der Waals surface area (Å²) in [6.45, 7) is 12.8. The number of ether oxygens (including phenoxy) is 1. The number of carbonyl (C=O) groups excluding carboxylic acids is 2. The van der Waals surface area contributed by atoms with Crippen molar-refractivity contribution in [1.82, 2.24) is 14.9 Å². The molecule has 0 atom stereocenters. The Morgan fingerprint density at radius 1 is 1.00 bits per heavy atom. The topological polar surface area (TPSA) is 87.7 Å². The molecule has 0 unspecified atom stereocenters. The fourth-order valence-corrected chi connectivity index (χ4v) is 5.33. The predicted octanol–water partition coefficient (Wildman–Crippen LogP) is 4.78. The van der Waals surface area contributed by atoms with E-state index in [1.165, 1.54) is 11.8 Å². The standard InChI is InChI=1S/C30H37N5O3S/c1-21-8-6-7-9-24(21)19-35(27(36)20-39-29-31-22(2)18-23(3)32-29)30(4,5)28(37)33-25-10-12-26(13-11-25)34-14-16-38-17-15-34/h6-13,18H,14-17,19-20H2,1-5H3,(H,33,37). The molecule has 4 rings (SSSR count). The van der Waals surface area contributed by atoms with Crippen molar-refractivity contribution in [3.8, 4) is 0 Å². The number of morpholine rings is 1. The second kappa shape index (κ2) is 12.6. The van der Waals surface area contributed by atoms with Crippen LogP contribution in [0.5, 0.6) is 0 Å². The number of nitrogens with zero attached hydrogens (tertiary/aromatic N) is 4. The van der Waals surface area contributed by atoms with Crippen molar-refractivity contribution in [3.63, 3.8) is 0 Å². The van der Waals surface area contributed by atoms with Crippen LogP contribution in [0, 0.1) is 20.8 Å². The van der Waals surface area contributed by atoms with E-state index in [0.29, 0.717) is 30.6 Å². The van der Waals surface area contributed by atoms with Gasteiger partial charge in [0.1, 0.15) is 5.54 Å². The fraction of sp³-hybridized carbons (Fsp3) is 0.400. The van der Waals surface area contributed by atoms with E-state index >= 15 is 0 Å². The number of rotatable bonds is 9. The molecule has 2 heterocycles. The van der Waals surface area contributed by atoms with Crippen LogP contribution in [-0.2, 0) is 20.9 Å². The van der Waals surface area contributed by atoms with Crippen molar-refractivity contribution in [2.45, 2.75) is 51.9 Å². The van der Waals surface area contributed by atoms with Crippen LogP contribution in [0.4, 0.5) is 11.4 Å². The SMILES string of the molecule is Cc1cc(C)nc(SCC(=O)N(Cc2ccccc2C)C(C)(C)C(=O)Nc2ccc(N3CCOCC3)cc2)n1. The van der Waals surface area contributed by atoms with Crippen LogP contribution < -0.4 is 10.2 Å². The van der Waals surface area contributed by atoms with Gasteiger partial charge in [0.25, 0.3) is 0 Å². The zero-order chi connectivity index (χ0) is 28.0. The summed E-state index contributed by atoms with van der Waals surface area (Å²) in [5.41, 5.74) is 4.43. The van der Waals surface area contributed by atoms with E-state index in [-0.39, 0.29) is 17.6 Å². The number of hydrogen-bond acceptors (Lipinski definition) is 7. The smallest absolute Gasteiger partial charge is 0.249 e. The molecule has 1 N–H and O–H groups in total. The van der Waals surface area contributed by atoms with Gasteiger partial charge < -0.3 is 19.9 Å². The minimum absolute atomic E-state index is 0.125. The first-order valence-corrected chi connectivity index (χ1v) is 14.2. The lowest BCUT2D eigenvalue weighted by Gasteiger charge is -2.38. The van der Waals surface area contributed by atoms with Crippen LogP contribution in [0.1, 0.15) is 36.4 Å². The number of anilines is 2. The van der Waals surface area contributed by atoms with Crippen LogP contribution in [0.3, 0.4) is 0 Å². The first-order valence-electron chi connectivity index (χ1n) is 13.2. The molecule has 1 aromatic heterocycles. The molecule has 1 saturated heterocycles. The van der Waals surface area contributed by atoms with Gasteiger partial charge in [-0.2, -0.15) is 0 Å². The Kier molecular flexibility index (Phi) is 9.24. The van der Waals surface area contributed by atoms with E-state index in [0.717, 1.165) is 41.3 Å². The van der Waals surface area contributed by atoms with Crippen molar-refractivity contribution in [3.05, 3.63) is 77.1 Å². The number of carbonyl (C=O) groups is 2. The number of thioether (sulfide) groups is 1. The molecule has 8 nitrogen and oxygen atoms in total. The van der Waals surface area contributed by atoms with Crippen molar-refractivity contribution >= 4 is 35.0 Å². The van der Waals surface area contributed by atoms with E-state index in [4.69, 9.17) is 4.74 Å². The molecule has 2 amide bonds. The Labute approximate surface area is 235 Å². The maximum atomic E-state index is 13.7. The summed E-state index contributed by atoms with van der Waals surface area (Å²) in [6, 6.07) is 17.6. The summed E-state index contributed by atoms with van der Waals surface area (Å²) in [4.78, 5) is 40.1. The zero-order valence-corrected chi connectivity index (χ0v) is 24.2. The first kappa shape index (κ1) is 28.6. The van der Waals surface area contributed by atoms with Crippen molar-refractivity contribution < 1.29 is 14.3 Å². The van der Waals surface area contributed by atoms with Gasteiger partial charge >= 0.3 is 0 Å². The highest BCUT2D eigenvalue weighted by Crippen LogP contribution is 2.26. The number of aromatic nitrogens is 2. The Balaban J connectivity index is 1.51. The molecule has 2 aromatic carbocycles. The lowest BCUT2D eigenvalue weighted by atomic mass is 9.98. The first-order chi connectivity index (χ1) is 18.6. The maximum absolute atomic E-state index is 13.7. The second-order valence-corrected chi connectivity index (χ2v) is 11.2. The number of nitrogens with one attached hydrogen (secondary N) is 1. The van der Waals surface area contributed by atoms with Gasteiger partial charge in [-0.05, 0) is 76.1 Å². The number of amides is 2. The van der Waals surface area contributed by atoms with Gasteiger partial charge in [0.2, 0.25) is 11.8 Å². The Morgan fingerprint density at radius 2 is 1.64 bits per heavy atom. The van der Waals surface area contributed by atoms with Crippen molar-refractivity contribution in [2.24, 2.45) is 0 Å². The van der Waals surface area contributed by atoms with Crippen LogP contribution in [0.2, 0.25) is 0 Å². The number of aryl methyl sites for hydroxylation is 3. The number of benzene rings is 2. The van der Waals surface area contributed by atoms with E-state index in [1.807, 2.05) is 75.4 Å². The summed E-state index contributed by atoms with van der Waals surface area (Å²) in [7, 11) is 0. The van der Waals surface area contributed by atoms with Crippen LogP contribution in [0.15, 0.2) is 59.8 Å². The highest BCUT2D eigenvalue weighted by molar-refractivity contribution is 7.99. The summed E-state index contributed by atoms with van der Waals surface area (Å²) in [6.07, 6.45) is 0. The van der Waals surface area contributed by atoms with E-state index < -0.39 is 5.54 Å². The zero-order valence-electron chi connectivity index (χ0n) is 23.4. The summed E-state index contributed by atoms with van der Waals surface area (Å²) in [5.74, 6) is -0.287. The van der Waals surface area contributed by atoms with Crippen LogP contribution in [-0.4, -0.2) is 64.3 Å². The molecule has 39 heavy (non-hydrogen) atoms. The van der Waals surface area contributed by atoms with Gasteiger partial charge in [0.15, 0.2) is 5.16 Å². The molecule has 206 valence electrons. The van der Waals surface area contributed by atoms with Gasteiger partial charge in [-0.3, -0.25) is 9.59 Å². The molecule has 3 aromatic rings. The Morgan fingerprint density at radius 3 is 2.28 bits per heavy atom. The maximum Gasteiger partial charge on any atom is 0.249 e. The normalized spacial score (nSPS) is 13.7. The molecule has 1 aliphatic heterocycles. The van der Waals surface area contributed by atoms with E-state index in [1.54, 1.807) is 18.7 Å². The Hall–Kier alpha value is -3.43. The van der Waals surface area contributed by atoms with Gasteiger partial charge in [-0.1, -0.05) is 36.0 Å². The highest BCUT2D eigenvalue weighted by atomic mass is 32.2. The predicted molar refractivity (Wildman–Crippen MR) is 156 cm³/mol. The molecular formula is C30H37N5O3S. The monoisotopic (exact) mass is 547 g/mol. The molecule has 1 fully saturated rings. The van der Waals surface area contributed by atoms with Crippen LogP contribution in [0.25, 0.3) is 0 Å². The molecule has 9 heteroatoms. The van der Waals surface area contributed by atoms with Gasteiger partial charge in [-0.25, -0.2) is 9.97 Å². The quantitative estimate of drug-likeness (QED) is 0.305. The summed E-state index contributed by atoms with van der Waals surface area (Å²) < 4.78 is 5.44. The van der Waals surface area contributed by atoms with Gasteiger partial charge in [-0.15, -0.1) is 0 Å². The summed E-state index contributed by atoms with van der Waals surface area (Å²) >= 11 is 1.29. The van der Waals surface area contributed by atoms with E-state index in [9.17, 15) is 9.59 Å². The third-order valence-corrected chi connectivity index (χ3v) is 7.74. The number of hydrogen-bond donors (Lipinski definition) is 1. The summed E-state index contributed by atoms with van der Waals surface area (Å²) in [5, 5.41) is 3.58. The fourth-order valence-electron chi connectivity index (χ4n) is 4.50. The molecule has 1 aliphatic rings. The van der Waals surface area contributed by atoms with Crippen molar-refractivity contribution in [1.29, 1.82) is 0 Å². The van der Waals surface area contributed by atoms with Crippen LogP contribution >= 0.6 is 11.8 Å². The molecular weight excluding hydrogens is 510 g/mol. The largest absolute Gasteiger partial charge is 0.378 e.